The Morgan fingerprint density at radius 3 is 2.50 bits per heavy atom. The molecule has 0 fully saturated rings. The number of aromatic nitrogens is 4. The molecule has 0 unspecified atom stereocenters. The summed E-state index contributed by atoms with van der Waals surface area (Å²) in [5.41, 5.74) is -0.832. The minimum atomic E-state index is -4.76. The molecule has 2 heterocycles. The first kappa shape index (κ1) is 18.5. The van der Waals surface area contributed by atoms with Crippen molar-refractivity contribution in [2.75, 3.05) is 5.75 Å². The van der Waals surface area contributed by atoms with Gasteiger partial charge in [0.1, 0.15) is 6.33 Å². The summed E-state index contributed by atoms with van der Waals surface area (Å²) in [6, 6.07) is 4.17. The Hall–Kier alpha value is -2.30. The van der Waals surface area contributed by atoms with Crippen molar-refractivity contribution < 1.29 is 26.3 Å². The number of alkyl halides is 6. The minimum Gasteiger partial charge on any atom is -0.206 e. The van der Waals surface area contributed by atoms with Crippen LogP contribution < -0.4 is 0 Å². The first-order valence-electron chi connectivity index (χ1n) is 7.13. The van der Waals surface area contributed by atoms with E-state index in [9.17, 15) is 26.3 Å². The third kappa shape index (κ3) is 3.92. The van der Waals surface area contributed by atoms with E-state index in [2.05, 4.69) is 15.1 Å². The average Bonchev–Trinajstić information content (AvgIpc) is 2.98. The van der Waals surface area contributed by atoms with Crippen molar-refractivity contribution in [1.29, 1.82) is 0 Å². The summed E-state index contributed by atoms with van der Waals surface area (Å²) >= 11 is 0.520. The highest BCUT2D eigenvalue weighted by atomic mass is 32.2. The van der Waals surface area contributed by atoms with Gasteiger partial charge in [-0.2, -0.15) is 36.4 Å². The topological polar surface area (TPSA) is 43.1 Å². The Morgan fingerprint density at radius 2 is 1.85 bits per heavy atom. The van der Waals surface area contributed by atoms with Crippen molar-refractivity contribution in [3.05, 3.63) is 42.0 Å². The molecule has 1 aromatic carbocycles. The normalized spacial score (nSPS) is 12.7. The van der Waals surface area contributed by atoms with E-state index in [-0.39, 0.29) is 21.8 Å². The fourth-order valence-corrected chi connectivity index (χ4v) is 3.09. The maximum Gasteiger partial charge on any atom is 0.434 e. The van der Waals surface area contributed by atoms with E-state index in [1.165, 1.54) is 18.2 Å². The molecule has 0 radical (unpaired) electrons. The predicted octanol–water partition coefficient (Wildman–Crippen LogP) is 4.77. The quantitative estimate of drug-likeness (QED) is 0.476. The van der Waals surface area contributed by atoms with Crippen molar-refractivity contribution in [3.63, 3.8) is 0 Å². The summed E-state index contributed by atoms with van der Waals surface area (Å²) in [7, 11) is 0. The highest BCUT2D eigenvalue weighted by molar-refractivity contribution is 7.99. The largest absolute Gasteiger partial charge is 0.434 e. The molecule has 3 rings (SSSR count). The Bertz CT molecular complexity index is 947. The molecule has 0 spiro atoms. The van der Waals surface area contributed by atoms with E-state index in [1.54, 1.807) is 6.92 Å². The highest BCUT2D eigenvalue weighted by Gasteiger charge is 2.37. The maximum atomic E-state index is 13.4. The molecule has 0 saturated carbocycles. The number of hydrogen-bond acceptors (Lipinski definition) is 4. The number of benzene rings is 1. The van der Waals surface area contributed by atoms with Gasteiger partial charge in [-0.05, 0) is 24.1 Å². The van der Waals surface area contributed by atoms with Gasteiger partial charge < -0.3 is 0 Å². The second kappa shape index (κ2) is 6.45. The van der Waals surface area contributed by atoms with Crippen LogP contribution in [0.15, 0.2) is 35.6 Å². The zero-order valence-corrected chi connectivity index (χ0v) is 13.9. The van der Waals surface area contributed by atoms with E-state index in [4.69, 9.17) is 0 Å². The predicted molar refractivity (Wildman–Crippen MR) is 82.7 cm³/mol. The number of aryl methyl sites for hydroxylation is 1. The van der Waals surface area contributed by atoms with Crippen LogP contribution in [0.4, 0.5) is 26.3 Å². The lowest BCUT2D eigenvalue weighted by Gasteiger charge is -2.14. The van der Waals surface area contributed by atoms with Gasteiger partial charge >= 0.3 is 12.4 Å². The van der Waals surface area contributed by atoms with Crippen LogP contribution in [0.5, 0.6) is 0 Å². The lowest BCUT2D eigenvalue weighted by molar-refractivity contribution is -0.140. The number of thioether (sulfide) groups is 1. The van der Waals surface area contributed by atoms with Crippen LogP contribution in [0.25, 0.3) is 16.9 Å². The van der Waals surface area contributed by atoms with Crippen molar-refractivity contribution in [2.24, 2.45) is 0 Å². The standard InChI is InChI=1S/C15H10F6N4S/c1-8-2-3-9(4-11(8)26-6-14(16,17)18)10-5-25-13(22-7-23-25)24-12(10)15(19,20)21/h2-5,7H,6H2,1H3. The molecule has 0 atom stereocenters. The Kier molecular flexibility index (Phi) is 4.59. The van der Waals surface area contributed by atoms with Gasteiger partial charge in [-0.1, -0.05) is 12.1 Å². The average molecular weight is 392 g/mol. The van der Waals surface area contributed by atoms with Crippen LogP contribution in [0.1, 0.15) is 11.3 Å². The smallest absolute Gasteiger partial charge is 0.206 e. The van der Waals surface area contributed by atoms with Crippen molar-refractivity contribution in [3.8, 4) is 11.1 Å². The minimum absolute atomic E-state index is 0.0949. The third-order valence-corrected chi connectivity index (χ3v) is 4.65. The van der Waals surface area contributed by atoms with E-state index < -0.39 is 23.8 Å². The van der Waals surface area contributed by atoms with Gasteiger partial charge in [-0.3, -0.25) is 0 Å². The van der Waals surface area contributed by atoms with Gasteiger partial charge in [0.25, 0.3) is 5.78 Å². The molecule has 0 aliphatic rings. The second-order valence-corrected chi connectivity index (χ2v) is 6.41. The summed E-state index contributed by atoms with van der Waals surface area (Å²) in [6.45, 7) is 1.59. The van der Waals surface area contributed by atoms with E-state index in [0.717, 1.165) is 17.0 Å². The number of hydrogen-bond donors (Lipinski definition) is 0. The molecule has 11 heteroatoms. The zero-order valence-electron chi connectivity index (χ0n) is 13.1. The first-order chi connectivity index (χ1) is 12.0. The number of fused-ring (bicyclic) bond motifs is 1. The monoisotopic (exact) mass is 392 g/mol. The summed E-state index contributed by atoms with van der Waals surface area (Å²) in [5.74, 6) is -1.36. The van der Waals surface area contributed by atoms with Gasteiger partial charge in [-0.25, -0.2) is 9.50 Å². The highest BCUT2D eigenvalue weighted by Crippen LogP contribution is 2.38. The molecule has 4 nitrogen and oxygen atoms in total. The zero-order chi connectivity index (χ0) is 19.1. The summed E-state index contributed by atoms with van der Waals surface area (Å²) in [4.78, 5) is 7.37. The SMILES string of the molecule is Cc1ccc(-c2cn3ncnc3nc2C(F)(F)F)cc1SCC(F)(F)F. The summed E-state index contributed by atoms with van der Waals surface area (Å²) in [5, 5.41) is 3.76. The lowest BCUT2D eigenvalue weighted by atomic mass is 10.0. The molecule has 138 valence electrons. The number of halogens is 6. The van der Waals surface area contributed by atoms with Crippen LogP contribution in [-0.4, -0.2) is 31.5 Å². The molecule has 26 heavy (non-hydrogen) atoms. The van der Waals surface area contributed by atoms with E-state index in [0.29, 0.717) is 17.3 Å². The Labute approximate surface area is 147 Å². The molecular formula is C15H10F6N4S. The lowest BCUT2D eigenvalue weighted by Crippen LogP contribution is -2.12. The maximum absolute atomic E-state index is 13.4. The molecule has 0 saturated heterocycles. The van der Waals surface area contributed by atoms with Gasteiger partial charge in [-0.15, -0.1) is 11.8 Å². The van der Waals surface area contributed by atoms with Gasteiger partial charge in [0.15, 0.2) is 5.69 Å². The van der Waals surface area contributed by atoms with Crippen molar-refractivity contribution in [1.82, 2.24) is 19.6 Å². The molecule has 0 bridgehead atoms. The van der Waals surface area contributed by atoms with Crippen molar-refractivity contribution >= 4 is 17.5 Å². The summed E-state index contributed by atoms with van der Waals surface area (Å²) < 4.78 is 78.6. The van der Waals surface area contributed by atoms with Crippen LogP contribution in [0, 0.1) is 6.92 Å². The molecule has 0 aliphatic heterocycles. The van der Waals surface area contributed by atoms with Gasteiger partial charge in [0, 0.05) is 16.7 Å². The Morgan fingerprint density at radius 1 is 1.12 bits per heavy atom. The molecule has 2 aromatic heterocycles. The van der Waals surface area contributed by atoms with Crippen LogP contribution in [0.3, 0.4) is 0 Å². The second-order valence-electron chi connectivity index (χ2n) is 5.39. The fourth-order valence-electron chi connectivity index (χ4n) is 2.27. The molecular weight excluding hydrogens is 382 g/mol. The molecule has 0 N–H and O–H groups in total. The third-order valence-electron chi connectivity index (χ3n) is 3.43. The van der Waals surface area contributed by atoms with Gasteiger partial charge in [0.05, 0.1) is 5.75 Å². The summed E-state index contributed by atoms with van der Waals surface area (Å²) in [6.07, 6.45) is -6.97. The number of nitrogens with zero attached hydrogens (tertiary/aromatic N) is 4. The van der Waals surface area contributed by atoms with E-state index >= 15 is 0 Å². The van der Waals surface area contributed by atoms with Gasteiger partial charge in [0.2, 0.25) is 0 Å². The molecule has 0 amide bonds. The fraction of sp³-hybridized carbons (Fsp3) is 0.267. The van der Waals surface area contributed by atoms with Crippen LogP contribution >= 0.6 is 11.8 Å². The first-order valence-corrected chi connectivity index (χ1v) is 8.11. The van der Waals surface area contributed by atoms with Crippen LogP contribution in [-0.2, 0) is 6.18 Å². The van der Waals surface area contributed by atoms with E-state index in [1.807, 2.05) is 0 Å². The van der Waals surface area contributed by atoms with Crippen LogP contribution in [0.2, 0.25) is 0 Å². The van der Waals surface area contributed by atoms with Crippen molar-refractivity contribution in [2.45, 2.75) is 24.2 Å². The Balaban J connectivity index is 2.11. The number of rotatable bonds is 3. The molecule has 3 aromatic rings. The molecule has 0 aliphatic carbocycles.